The molecule has 1 unspecified atom stereocenters. The van der Waals surface area contributed by atoms with Gasteiger partial charge in [0.05, 0.1) is 17.7 Å². The summed E-state index contributed by atoms with van der Waals surface area (Å²) >= 11 is 1.79. The highest BCUT2D eigenvalue weighted by atomic mass is 32.2. The van der Waals surface area contributed by atoms with E-state index in [-0.39, 0.29) is 5.92 Å². The number of nitrogens with zero attached hydrogens (tertiary/aromatic N) is 3. The third-order valence-corrected chi connectivity index (χ3v) is 2.95. The lowest BCUT2D eigenvalue weighted by atomic mass is 10.1. The van der Waals surface area contributed by atoms with E-state index in [1.807, 2.05) is 6.92 Å². The van der Waals surface area contributed by atoms with Crippen molar-refractivity contribution < 1.29 is 4.52 Å². The lowest BCUT2D eigenvalue weighted by molar-refractivity contribution is 0.366. The van der Waals surface area contributed by atoms with Crippen molar-refractivity contribution in [1.82, 2.24) is 10.1 Å². The van der Waals surface area contributed by atoms with Gasteiger partial charge in [-0.25, -0.2) is 0 Å². The number of hydrogen-bond acceptors (Lipinski definition) is 5. The van der Waals surface area contributed by atoms with E-state index in [9.17, 15) is 0 Å². The van der Waals surface area contributed by atoms with Crippen LogP contribution in [0.1, 0.15) is 32.0 Å². The summed E-state index contributed by atoms with van der Waals surface area (Å²) in [6.45, 7) is 3.99. The Hall–Kier alpha value is -1.02. The third kappa shape index (κ3) is 4.34. The van der Waals surface area contributed by atoms with Crippen LogP contribution in [0.4, 0.5) is 0 Å². The monoisotopic (exact) mass is 225 g/mol. The first-order valence-electron chi connectivity index (χ1n) is 5.05. The molecule has 15 heavy (non-hydrogen) atoms. The smallest absolute Gasteiger partial charge is 0.227 e. The van der Waals surface area contributed by atoms with Gasteiger partial charge >= 0.3 is 0 Å². The van der Waals surface area contributed by atoms with Crippen molar-refractivity contribution >= 4 is 11.8 Å². The molecule has 0 aliphatic heterocycles. The molecule has 0 amide bonds. The summed E-state index contributed by atoms with van der Waals surface area (Å²) in [4.78, 5) is 4.22. The van der Waals surface area contributed by atoms with Gasteiger partial charge in [0, 0.05) is 6.42 Å². The molecule has 0 spiro atoms. The van der Waals surface area contributed by atoms with Gasteiger partial charge < -0.3 is 4.52 Å². The van der Waals surface area contributed by atoms with Gasteiger partial charge in [-0.3, -0.25) is 0 Å². The minimum Gasteiger partial charge on any atom is -0.339 e. The molecule has 0 aliphatic rings. The van der Waals surface area contributed by atoms with E-state index < -0.39 is 0 Å². The standard InChI is InChI=1S/C10H15N3OS/c1-3-4-15-7-9-12-10(14-13-9)5-8(2)6-11/h8H,3-5,7H2,1-2H3. The molecule has 0 aromatic carbocycles. The molecule has 0 saturated heterocycles. The van der Waals surface area contributed by atoms with Gasteiger partial charge in [-0.1, -0.05) is 12.1 Å². The number of aromatic nitrogens is 2. The first-order valence-corrected chi connectivity index (χ1v) is 6.20. The summed E-state index contributed by atoms with van der Waals surface area (Å²) in [7, 11) is 0. The highest BCUT2D eigenvalue weighted by Crippen LogP contribution is 2.11. The summed E-state index contributed by atoms with van der Waals surface area (Å²) in [6.07, 6.45) is 1.70. The largest absolute Gasteiger partial charge is 0.339 e. The SMILES string of the molecule is CCCSCc1noc(CC(C)C#N)n1. The normalized spacial score (nSPS) is 12.3. The van der Waals surface area contributed by atoms with Gasteiger partial charge in [0.1, 0.15) is 0 Å². The van der Waals surface area contributed by atoms with Gasteiger partial charge in [-0.15, -0.1) is 0 Å². The van der Waals surface area contributed by atoms with Crippen LogP contribution < -0.4 is 0 Å². The summed E-state index contributed by atoms with van der Waals surface area (Å²) in [5.41, 5.74) is 0. The van der Waals surface area contributed by atoms with E-state index in [1.54, 1.807) is 11.8 Å². The van der Waals surface area contributed by atoms with E-state index in [4.69, 9.17) is 9.78 Å². The van der Waals surface area contributed by atoms with E-state index in [0.29, 0.717) is 12.3 Å². The summed E-state index contributed by atoms with van der Waals surface area (Å²) < 4.78 is 5.04. The predicted octanol–water partition coefficient (Wildman–Crippen LogP) is 2.41. The van der Waals surface area contributed by atoms with Crippen LogP contribution in [0.2, 0.25) is 0 Å². The molecule has 5 heteroatoms. The Labute approximate surface area is 94.1 Å². The van der Waals surface area contributed by atoms with Gasteiger partial charge in [-0.05, 0) is 19.1 Å². The van der Waals surface area contributed by atoms with E-state index in [1.165, 1.54) is 0 Å². The molecular formula is C10H15N3OS. The Bertz CT molecular complexity index is 332. The van der Waals surface area contributed by atoms with Gasteiger partial charge in [0.2, 0.25) is 5.89 Å². The summed E-state index contributed by atoms with van der Waals surface area (Å²) in [6, 6.07) is 2.14. The van der Waals surface area contributed by atoms with Crippen LogP contribution in [-0.2, 0) is 12.2 Å². The molecule has 0 radical (unpaired) electrons. The fourth-order valence-corrected chi connectivity index (χ4v) is 1.78. The minimum atomic E-state index is -0.0680. The molecule has 0 aliphatic carbocycles. The molecule has 1 heterocycles. The second kappa shape index (κ2) is 6.46. The molecule has 1 aromatic heterocycles. The molecular weight excluding hydrogens is 210 g/mol. The second-order valence-electron chi connectivity index (χ2n) is 3.39. The molecule has 1 atom stereocenters. The second-order valence-corrected chi connectivity index (χ2v) is 4.50. The first-order chi connectivity index (χ1) is 7.26. The van der Waals surface area contributed by atoms with Crippen LogP contribution in [-0.4, -0.2) is 15.9 Å². The first kappa shape index (κ1) is 12.1. The molecule has 82 valence electrons. The van der Waals surface area contributed by atoms with Crippen molar-refractivity contribution in [2.75, 3.05) is 5.75 Å². The third-order valence-electron chi connectivity index (χ3n) is 1.79. The lowest BCUT2D eigenvalue weighted by Crippen LogP contribution is -1.96. The zero-order valence-corrected chi connectivity index (χ0v) is 9.88. The van der Waals surface area contributed by atoms with Gasteiger partial charge in [0.15, 0.2) is 5.82 Å². The van der Waals surface area contributed by atoms with Crippen molar-refractivity contribution in [3.63, 3.8) is 0 Å². The number of nitriles is 1. The fraction of sp³-hybridized carbons (Fsp3) is 0.700. The zero-order chi connectivity index (χ0) is 11.1. The van der Waals surface area contributed by atoms with E-state index >= 15 is 0 Å². The Kier molecular flexibility index (Phi) is 5.19. The average Bonchev–Trinajstić information content (AvgIpc) is 2.66. The molecule has 0 bridgehead atoms. The minimum absolute atomic E-state index is 0.0680. The fourth-order valence-electron chi connectivity index (χ4n) is 1.05. The zero-order valence-electron chi connectivity index (χ0n) is 9.06. The molecule has 0 fully saturated rings. The van der Waals surface area contributed by atoms with Crippen LogP contribution in [0.5, 0.6) is 0 Å². The van der Waals surface area contributed by atoms with E-state index in [0.717, 1.165) is 23.8 Å². The lowest BCUT2D eigenvalue weighted by Gasteiger charge is -1.94. The predicted molar refractivity (Wildman–Crippen MR) is 59.2 cm³/mol. The van der Waals surface area contributed by atoms with Crippen LogP contribution >= 0.6 is 11.8 Å². The Morgan fingerprint density at radius 1 is 1.60 bits per heavy atom. The average molecular weight is 225 g/mol. The van der Waals surface area contributed by atoms with Crippen molar-refractivity contribution in [3.8, 4) is 6.07 Å². The van der Waals surface area contributed by atoms with E-state index in [2.05, 4.69) is 23.1 Å². The molecule has 0 N–H and O–H groups in total. The molecule has 1 rings (SSSR count). The van der Waals surface area contributed by atoms with Crippen LogP contribution in [0, 0.1) is 17.2 Å². The Morgan fingerprint density at radius 3 is 3.07 bits per heavy atom. The van der Waals surface area contributed by atoms with Crippen molar-refractivity contribution in [1.29, 1.82) is 5.26 Å². The topological polar surface area (TPSA) is 62.7 Å². The highest BCUT2D eigenvalue weighted by Gasteiger charge is 2.09. The number of rotatable bonds is 6. The van der Waals surface area contributed by atoms with Crippen molar-refractivity contribution in [2.24, 2.45) is 5.92 Å². The van der Waals surface area contributed by atoms with Crippen molar-refractivity contribution in [2.45, 2.75) is 32.4 Å². The molecule has 4 nitrogen and oxygen atoms in total. The molecule has 1 aromatic rings. The summed E-state index contributed by atoms with van der Waals surface area (Å²) in [5.74, 6) is 3.13. The van der Waals surface area contributed by atoms with Crippen LogP contribution in [0.3, 0.4) is 0 Å². The maximum Gasteiger partial charge on any atom is 0.227 e. The van der Waals surface area contributed by atoms with Crippen LogP contribution in [0.25, 0.3) is 0 Å². The number of hydrogen-bond donors (Lipinski definition) is 0. The van der Waals surface area contributed by atoms with Crippen LogP contribution in [0.15, 0.2) is 4.52 Å². The maximum atomic E-state index is 8.63. The quantitative estimate of drug-likeness (QED) is 0.696. The van der Waals surface area contributed by atoms with Gasteiger partial charge in [-0.2, -0.15) is 22.0 Å². The van der Waals surface area contributed by atoms with Crippen molar-refractivity contribution in [3.05, 3.63) is 11.7 Å². The highest BCUT2D eigenvalue weighted by molar-refractivity contribution is 7.98. The number of thioether (sulfide) groups is 1. The molecule has 0 saturated carbocycles. The van der Waals surface area contributed by atoms with Gasteiger partial charge in [0.25, 0.3) is 0 Å². The Morgan fingerprint density at radius 2 is 2.40 bits per heavy atom. The summed E-state index contributed by atoms with van der Waals surface area (Å²) in [5, 5.41) is 12.5. The maximum absolute atomic E-state index is 8.63. The Balaban J connectivity index is 2.39.